The molecule has 0 N–H and O–H groups in total. The largest absolute Gasteiger partial charge is 0.461 e. The van der Waals surface area contributed by atoms with E-state index in [4.69, 9.17) is 4.74 Å². The molecule has 20 heavy (non-hydrogen) atoms. The highest BCUT2D eigenvalue weighted by atomic mass is 16.5. The second-order valence-electron chi connectivity index (χ2n) is 4.56. The quantitative estimate of drug-likeness (QED) is 0.482. The van der Waals surface area contributed by atoms with Crippen molar-refractivity contribution in [3.63, 3.8) is 0 Å². The summed E-state index contributed by atoms with van der Waals surface area (Å²) in [7, 11) is 0. The van der Waals surface area contributed by atoms with E-state index < -0.39 is 0 Å². The fourth-order valence-corrected chi connectivity index (χ4v) is 1.60. The lowest BCUT2D eigenvalue weighted by Crippen LogP contribution is -2.27. The van der Waals surface area contributed by atoms with Gasteiger partial charge in [-0.1, -0.05) is 41.2 Å². The number of nitrogens with zero attached hydrogens (tertiary/aromatic N) is 2. The molecule has 0 heterocycles. The number of esters is 1. The molecule has 120 valence electrons. The fourth-order valence-electron chi connectivity index (χ4n) is 1.60. The highest BCUT2D eigenvalue weighted by Crippen LogP contribution is 1.93. The first-order valence-electron chi connectivity index (χ1n) is 7.73. The van der Waals surface area contributed by atoms with Crippen LogP contribution in [0.4, 0.5) is 0 Å². The maximum absolute atomic E-state index is 11.0. The molecule has 0 aliphatic heterocycles. The summed E-state index contributed by atoms with van der Waals surface area (Å²) >= 11 is 0. The van der Waals surface area contributed by atoms with Gasteiger partial charge < -0.3 is 14.5 Å². The van der Waals surface area contributed by atoms with Crippen LogP contribution in [-0.2, 0) is 9.53 Å². The average molecular weight is 286 g/mol. The zero-order valence-corrected chi connectivity index (χ0v) is 14.4. The molecule has 0 aliphatic rings. The highest BCUT2D eigenvalue weighted by Gasteiger charge is 2.04. The first kappa shape index (κ1) is 21.4. The van der Waals surface area contributed by atoms with Crippen LogP contribution in [0.5, 0.6) is 0 Å². The molecule has 0 radical (unpaired) electrons. The second kappa shape index (κ2) is 14.5. The van der Waals surface area contributed by atoms with Crippen molar-refractivity contribution in [3.8, 4) is 0 Å². The van der Waals surface area contributed by atoms with Crippen molar-refractivity contribution in [2.75, 3.05) is 45.9 Å². The van der Waals surface area contributed by atoms with Gasteiger partial charge in [-0.05, 0) is 39.6 Å². The number of carbonyl (C=O) groups is 1. The summed E-state index contributed by atoms with van der Waals surface area (Å²) in [5.74, 6) is -0.299. The molecule has 0 fully saturated rings. The van der Waals surface area contributed by atoms with E-state index in [1.165, 1.54) is 19.6 Å². The van der Waals surface area contributed by atoms with Gasteiger partial charge in [0.15, 0.2) is 0 Å². The third-order valence-corrected chi connectivity index (χ3v) is 3.23. The molecule has 0 unspecified atom stereocenters. The first-order chi connectivity index (χ1) is 9.46. The molecule has 0 aromatic rings. The minimum absolute atomic E-state index is 0.299. The van der Waals surface area contributed by atoms with Crippen molar-refractivity contribution in [1.82, 2.24) is 9.80 Å². The molecule has 0 spiro atoms. The van der Waals surface area contributed by atoms with Crippen molar-refractivity contribution in [1.29, 1.82) is 0 Å². The van der Waals surface area contributed by atoms with E-state index in [1.807, 2.05) is 0 Å². The third kappa shape index (κ3) is 12.2. The van der Waals surface area contributed by atoms with Crippen molar-refractivity contribution in [3.05, 3.63) is 12.2 Å². The highest BCUT2D eigenvalue weighted by molar-refractivity contribution is 5.86. The van der Waals surface area contributed by atoms with Crippen LogP contribution in [0, 0.1) is 0 Å². The summed E-state index contributed by atoms with van der Waals surface area (Å²) in [5, 5.41) is 0. The molecule has 0 atom stereocenters. The predicted octanol–water partition coefficient (Wildman–Crippen LogP) is 2.80. The van der Waals surface area contributed by atoms with Crippen LogP contribution in [0.1, 0.15) is 41.5 Å². The minimum atomic E-state index is -0.299. The zero-order valence-electron chi connectivity index (χ0n) is 14.4. The molecule has 4 heteroatoms. The Morgan fingerprint density at radius 3 is 1.55 bits per heavy atom. The molecule has 0 rings (SSSR count). The topological polar surface area (TPSA) is 32.8 Å². The third-order valence-electron chi connectivity index (χ3n) is 3.23. The van der Waals surface area contributed by atoms with Crippen molar-refractivity contribution in [2.45, 2.75) is 41.5 Å². The molecule has 0 saturated heterocycles. The SMILES string of the molecule is C=C(C)C(=O)OCCN(CC)CC.CCN(CC)CC. The van der Waals surface area contributed by atoms with Crippen molar-refractivity contribution in [2.24, 2.45) is 0 Å². The molecule has 0 amide bonds. The lowest BCUT2D eigenvalue weighted by atomic mass is 10.4. The summed E-state index contributed by atoms with van der Waals surface area (Å²) in [6.07, 6.45) is 0. The maximum Gasteiger partial charge on any atom is 0.333 e. The summed E-state index contributed by atoms with van der Waals surface area (Å²) in [5.41, 5.74) is 0.458. The molecular weight excluding hydrogens is 252 g/mol. The van der Waals surface area contributed by atoms with Gasteiger partial charge in [-0.25, -0.2) is 4.79 Å². The van der Waals surface area contributed by atoms with Gasteiger partial charge in [0.1, 0.15) is 6.61 Å². The lowest BCUT2D eigenvalue weighted by Gasteiger charge is -2.17. The van der Waals surface area contributed by atoms with E-state index in [-0.39, 0.29) is 5.97 Å². The van der Waals surface area contributed by atoms with E-state index >= 15 is 0 Å². The Morgan fingerprint density at radius 2 is 1.30 bits per heavy atom. The Kier molecular flexibility index (Phi) is 15.6. The lowest BCUT2D eigenvalue weighted by molar-refractivity contribution is -0.139. The number of ether oxygens (including phenoxy) is 1. The van der Waals surface area contributed by atoms with E-state index in [9.17, 15) is 4.79 Å². The Labute approximate surface area is 125 Å². The van der Waals surface area contributed by atoms with Gasteiger partial charge in [-0.3, -0.25) is 0 Å². The van der Waals surface area contributed by atoms with Gasteiger partial charge >= 0.3 is 5.97 Å². The van der Waals surface area contributed by atoms with E-state index in [1.54, 1.807) is 6.92 Å². The molecule has 0 bridgehead atoms. The Bertz CT molecular complexity index is 241. The van der Waals surface area contributed by atoms with E-state index in [0.29, 0.717) is 12.2 Å². The monoisotopic (exact) mass is 286 g/mol. The predicted molar refractivity (Wildman–Crippen MR) is 87.0 cm³/mol. The van der Waals surface area contributed by atoms with Crippen LogP contribution in [-0.4, -0.2) is 61.6 Å². The molecule has 0 aromatic carbocycles. The number of likely N-dealkylation sites (N-methyl/N-ethyl adjacent to an activating group) is 1. The van der Waals surface area contributed by atoms with Crippen LogP contribution < -0.4 is 0 Å². The van der Waals surface area contributed by atoms with Crippen LogP contribution in [0.25, 0.3) is 0 Å². The minimum Gasteiger partial charge on any atom is -0.461 e. The number of carbonyl (C=O) groups excluding carboxylic acids is 1. The van der Waals surface area contributed by atoms with Crippen molar-refractivity contribution < 1.29 is 9.53 Å². The summed E-state index contributed by atoms with van der Waals surface area (Å²) in [4.78, 5) is 15.5. The molecular formula is C16H34N2O2. The van der Waals surface area contributed by atoms with Gasteiger partial charge in [0, 0.05) is 12.1 Å². The molecule has 0 aliphatic carbocycles. The molecule has 4 nitrogen and oxygen atoms in total. The Hall–Kier alpha value is -0.870. The fraction of sp³-hybridized carbons (Fsp3) is 0.812. The summed E-state index contributed by atoms with van der Waals surface area (Å²) in [6, 6.07) is 0. The number of rotatable bonds is 9. The van der Waals surface area contributed by atoms with Crippen LogP contribution in [0.15, 0.2) is 12.2 Å². The maximum atomic E-state index is 11.0. The number of hydrogen-bond donors (Lipinski definition) is 0. The normalized spacial score (nSPS) is 10.2. The molecule has 0 aromatic heterocycles. The van der Waals surface area contributed by atoms with Gasteiger partial charge in [-0.2, -0.15) is 0 Å². The second-order valence-corrected chi connectivity index (χ2v) is 4.56. The first-order valence-corrected chi connectivity index (χ1v) is 7.73. The van der Waals surface area contributed by atoms with E-state index in [0.717, 1.165) is 19.6 Å². The smallest absolute Gasteiger partial charge is 0.333 e. The number of hydrogen-bond acceptors (Lipinski definition) is 4. The zero-order chi connectivity index (χ0) is 16.0. The van der Waals surface area contributed by atoms with Crippen molar-refractivity contribution >= 4 is 5.97 Å². The van der Waals surface area contributed by atoms with Crippen LogP contribution in [0.2, 0.25) is 0 Å². The standard InChI is InChI=1S/C10H19NO2.C6H15N/c1-5-11(6-2)7-8-13-10(12)9(3)4;1-4-7(5-2)6-3/h3,5-8H2,1-2,4H3;4-6H2,1-3H3. The van der Waals surface area contributed by atoms with Crippen LogP contribution >= 0.6 is 0 Å². The van der Waals surface area contributed by atoms with Gasteiger partial charge in [0.25, 0.3) is 0 Å². The van der Waals surface area contributed by atoms with E-state index in [2.05, 4.69) is 51.0 Å². The van der Waals surface area contributed by atoms with Gasteiger partial charge in [0.2, 0.25) is 0 Å². The van der Waals surface area contributed by atoms with Crippen LogP contribution in [0.3, 0.4) is 0 Å². The average Bonchev–Trinajstić information content (AvgIpc) is 2.46. The Balaban J connectivity index is 0. The molecule has 0 saturated carbocycles. The Morgan fingerprint density at radius 1 is 0.900 bits per heavy atom. The summed E-state index contributed by atoms with van der Waals surface area (Å²) < 4.78 is 4.96. The van der Waals surface area contributed by atoms with Gasteiger partial charge in [0.05, 0.1) is 0 Å². The van der Waals surface area contributed by atoms with Gasteiger partial charge in [-0.15, -0.1) is 0 Å². The summed E-state index contributed by atoms with van der Waals surface area (Å²) in [6.45, 7) is 22.7.